The number of thiazole rings is 1. The Balaban J connectivity index is 1.52. The Morgan fingerprint density at radius 3 is 2.79 bits per heavy atom. The van der Waals surface area contributed by atoms with Crippen LogP contribution in [0.1, 0.15) is 5.69 Å². The number of aryl methyl sites for hydroxylation is 1. The monoisotopic (exact) mass is 412 g/mol. The van der Waals surface area contributed by atoms with E-state index in [-0.39, 0.29) is 18.3 Å². The summed E-state index contributed by atoms with van der Waals surface area (Å²) < 4.78 is 26.4. The van der Waals surface area contributed by atoms with E-state index in [1.807, 2.05) is 13.0 Å². The molecule has 0 aliphatic heterocycles. The van der Waals surface area contributed by atoms with Gasteiger partial charge in [0.25, 0.3) is 5.91 Å². The molecule has 0 saturated carbocycles. The molecular formula is C20H17FN4O3S. The zero-order valence-electron chi connectivity index (χ0n) is 15.7. The number of hydrogen-bond donors (Lipinski definition) is 1. The number of carbonyl (C=O) groups is 1. The molecule has 0 unspecified atom stereocenters. The molecule has 7 nitrogen and oxygen atoms in total. The third-order valence-corrected chi connectivity index (χ3v) is 5.04. The first-order valence-corrected chi connectivity index (χ1v) is 9.54. The summed E-state index contributed by atoms with van der Waals surface area (Å²) in [7, 11) is 1.54. The molecule has 0 spiro atoms. The van der Waals surface area contributed by atoms with Gasteiger partial charge in [-0.2, -0.15) is 9.78 Å². The average Bonchev–Trinajstić information content (AvgIpc) is 3.29. The number of ether oxygens (including phenoxy) is 2. The molecule has 0 aliphatic carbocycles. The molecule has 2 heterocycles. The van der Waals surface area contributed by atoms with Crippen molar-refractivity contribution in [2.24, 2.45) is 0 Å². The van der Waals surface area contributed by atoms with Crippen LogP contribution in [0.5, 0.6) is 11.5 Å². The van der Waals surface area contributed by atoms with E-state index >= 15 is 0 Å². The van der Waals surface area contributed by atoms with Gasteiger partial charge in [-0.1, -0.05) is 23.5 Å². The molecule has 1 amide bonds. The highest BCUT2D eigenvalue weighted by Gasteiger charge is 2.15. The molecule has 9 heteroatoms. The number of rotatable bonds is 6. The van der Waals surface area contributed by atoms with E-state index in [1.54, 1.807) is 30.3 Å². The van der Waals surface area contributed by atoms with Crippen LogP contribution in [-0.2, 0) is 4.79 Å². The second-order valence-electron chi connectivity index (χ2n) is 6.18. The van der Waals surface area contributed by atoms with Gasteiger partial charge in [0.2, 0.25) is 5.13 Å². The quantitative estimate of drug-likeness (QED) is 0.519. The summed E-state index contributed by atoms with van der Waals surface area (Å²) in [5.74, 6) is 0.789. The summed E-state index contributed by atoms with van der Waals surface area (Å²) in [6.45, 7) is 1.61. The summed E-state index contributed by atoms with van der Waals surface area (Å²) in [6.07, 6.45) is 0. The first-order chi connectivity index (χ1) is 14.0. The van der Waals surface area contributed by atoms with Gasteiger partial charge in [0.1, 0.15) is 11.6 Å². The van der Waals surface area contributed by atoms with Crippen molar-refractivity contribution in [2.45, 2.75) is 6.92 Å². The molecule has 1 N–H and O–H groups in total. The van der Waals surface area contributed by atoms with Crippen molar-refractivity contribution in [1.82, 2.24) is 14.8 Å². The second-order valence-corrected chi connectivity index (χ2v) is 7.19. The van der Waals surface area contributed by atoms with Crippen LogP contribution in [0.15, 0.2) is 48.5 Å². The van der Waals surface area contributed by atoms with E-state index in [0.717, 1.165) is 0 Å². The number of aromatic nitrogens is 3. The first-order valence-electron chi connectivity index (χ1n) is 8.72. The SMILES string of the molecule is COc1ccccc1OCC(=O)Nc1cc(C)nn1-c1nc2ccc(F)cc2s1. The summed E-state index contributed by atoms with van der Waals surface area (Å²) in [5, 5.41) is 7.70. The van der Waals surface area contributed by atoms with Crippen LogP contribution in [0.2, 0.25) is 0 Å². The molecule has 2 aromatic heterocycles. The zero-order valence-corrected chi connectivity index (χ0v) is 16.5. The van der Waals surface area contributed by atoms with Gasteiger partial charge in [0.15, 0.2) is 18.1 Å². The van der Waals surface area contributed by atoms with Crippen LogP contribution >= 0.6 is 11.3 Å². The average molecular weight is 412 g/mol. The number of methoxy groups -OCH3 is 1. The molecule has 2 aromatic carbocycles. The summed E-state index contributed by atoms with van der Waals surface area (Å²) >= 11 is 1.28. The van der Waals surface area contributed by atoms with Crippen molar-refractivity contribution < 1.29 is 18.7 Å². The number of anilines is 1. The maximum absolute atomic E-state index is 13.5. The van der Waals surface area contributed by atoms with Crippen molar-refractivity contribution in [2.75, 3.05) is 19.0 Å². The molecule has 0 aliphatic rings. The number of amides is 1. The van der Waals surface area contributed by atoms with Crippen LogP contribution in [0.3, 0.4) is 0 Å². The summed E-state index contributed by atoms with van der Waals surface area (Å²) in [6, 6.07) is 13.2. The molecule has 4 rings (SSSR count). The minimum absolute atomic E-state index is 0.199. The fraction of sp³-hybridized carbons (Fsp3) is 0.150. The number of nitrogens with one attached hydrogen (secondary N) is 1. The smallest absolute Gasteiger partial charge is 0.263 e. The normalized spacial score (nSPS) is 10.9. The van der Waals surface area contributed by atoms with Gasteiger partial charge in [-0.25, -0.2) is 9.37 Å². The van der Waals surface area contributed by atoms with E-state index in [1.165, 1.54) is 35.3 Å². The Labute approximate surface area is 169 Å². The molecular weight excluding hydrogens is 395 g/mol. The van der Waals surface area contributed by atoms with Gasteiger partial charge in [0.05, 0.1) is 23.0 Å². The second kappa shape index (κ2) is 7.88. The number of fused-ring (bicyclic) bond motifs is 1. The molecule has 0 atom stereocenters. The van der Waals surface area contributed by atoms with E-state index < -0.39 is 0 Å². The lowest BCUT2D eigenvalue weighted by Gasteiger charge is -2.10. The Morgan fingerprint density at radius 1 is 1.21 bits per heavy atom. The highest BCUT2D eigenvalue weighted by atomic mass is 32.1. The van der Waals surface area contributed by atoms with Crippen molar-refractivity contribution in [3.05, 3.63) is 60.0 Å². The standard InChI is InChI=1S/C20H17FN4O3S/c1-12-9-18(23-19(26)11-28-16-6-4-3-5-15(16)27-2)25(24-12)20-22-14-8-7-13(21)10-17(14)29-20/h3-10H,11H2,1-2H3,(H,23,26). The van der Waals surface area contributed by atoms with E-state index in [0.29, 0.717) is 38.4 Å². The molecule has 148 valence electrons. The van der Waals surface area contributed by atoms with Crippen molar-refractivity contribution >= 4 is 33.3 Å². The number of nitrogens with zero attached hydrogens (tertiary/aromatic N) is 3. The first kappa shape index (κ1) is 18.9. The van der Waals surface area contributed by atoms with Crippen molar-refractivity contribution in [3.63, 3.8) is 0 Å². The Bertz CT molecular complexity index is 1190. The Morgan fingerprint density at radius 2 is 2.00 bits per heavy atom. The summed E-state index contributed by atoms with van der Waals surface area (Å²) in [4.78, 5) is 16.9. The van der Waals surface area contributed by atoms with Gasteiger partial charge in [-0.3, -0.25) is 4.79 Å². The van der Waals surface area contributed by atoms with Gasteiger partial charge in [-0.15, -0.1) is 0 Å². The molecule has 0 fully saturated rings. The van der Waals surface area contributed by atoms with Gasteiger partial charge < -0.3 is 14.8 Å². The lowest BCUT2D eigenvalue weighted by atomic mass is 10.3. The number of hydrogen-bond acceptors (Lipinski definition) is 6. The number of carbonyl (C=O) groups excluding carboxylic acids is 1. The lowest BCUT2D eigenvalue weighted by Crippen LogP contribution is -2.22. The van der Waals surface area contributed by atoms with Crippen molar-refractivity contribution in [3.8, 4) is 16.6 Å². The predicted octanol–water partition coefficient (Wildman–Crippen LogP) is 3.96. The zero-order chi connectivity index (χ0) is 20.4. The molecule has 0 saturated heterocycles. The minimum atomic E-state index is -0.357. The largest absolute Gasteiger partial charge is 0.493 e. The predicted molar refractivity (Wildman–Crippen MR) is 109 cm³/mol. The van der Waals surface area contributed by atoms with E-state index in [2.05, 4.69) is 15.4 Å². The van der Waals surface area contributed by atoms with Gasteiger partial charge in [0, 0.05) is 6.07 Å². The van der Waals surface area contributed by atoms with Crippen LogP contribution in [-0.4, -0.2) is 34.4 Å². The molecule has 4 aromatic rings. The van der Waals surface area contributed by atoms with Crippen LogP contribution < -0.4 is 14.8 Å². The van der Waals surface area contributed by atoms with Crippen LogP contribution in [0.4, 0.5) is 10.2 Å². The van der Waals surface area contributed by atoms with E-state index in [9.17, 15) is 9.18 Å². The highest BCUT2D eigenvalue weighted by molar-refractivity contribution is 7.20. The van der Waals surface area contributed by atoms with E-state index in [4.69, 9.17) is 9.47 Å². The number of halogens is 1. The summed E-state index contributed by atoms with van der Waals surface area (Å²) in [5.41, 5.74) is 1.37. The Hall–Kier alpha value is -3.46. The lowest BCUT2D eigenvalue weighted by molar-refractivity contribution is -0.118. The third kappa shape index (κ3) is 4.04. The third-order valence-electron chi connectivity index (χ3n) is 4.05. The van der Waals surface area contributed by atoms with Gasteiger partial charge >= 0.3 is 0 Å². The van der Waals surface area contributed by atoms with Gasteiger partial charge in [-0.05, 0) is 37.3 Å². The maximum atomic E-state index is 13.5. The molecule has 29 heavy (non-hydrogen) atoms. The minimum Gasteiger partial charge on any atom is -0.493 e. The number of benzene rings is 2. The number of para-hydroxylation sites is 2. The fourth-order valence-electron chi connectivity index (χ4n) is 2.77. The molecule has 0 radical (unpaired) electrons. The maximum Gasteiger partial charge on any atom is 0.263 e. The molecule has 0 bridgehead atoms. The van der Waals surface area contributed by atoms with Crippen LogP contribution in [0, 0.1) is 12.7 Å². The van der Waals surface area contributed by atoms with Crippen LogP contribution in [0.25, 0.3) is 15.3 Å². The fourth-order valence-corrected chi connectivity index (χ4v) is 3.73. The highest BCUT2D eigenvalue weighted by Crippen LogP contribution is 2.28. The Kier molecular flexibility index (Phi) is 5.13. The topological polar surface area (TPSA) is 78.3 Å². The van der Waals surface area contributed by atoms with Crippen molar-refractivity contribution in [1.29, 1.82) is 0 Å².